The third-order valence-electron chi connectivity index (χ3n) is 7.51. The predicted octanol–water partition coefficient (Wildman–Crippen LogP) is 6.57. The number of hydrogen-bond donors (Lipinski definition) is 1. The summed E-state index contributed by atoms with van der Waals surface area (Å²) < 4.78 is 39.3. The molecule has 3 aromatic carbocycles. The molecule has 2 aliphatic rings. The highest BCUT2D eigenvalue weighted by Crippen LogP contribution is 2.33. The fraction of sp³-hybridized carbons (Fsp3) is 0.414. The van der Waals surface area contributed by atoms with Gasteiger partial charge in [0.05, 0.1) is 22.4 Å². The predicted molar refractivity (Wildman–Crippen MR) is 139 cm³/mol. The topological polar surface area (TPSA) is 30.9 Å². The number of fused-ring (bicyclic) bond motifs is 2. The van der Waals surface area contributed by atoms with Crippen molar-refractivity contribution in [1.29, 1.82) is 0 Å². The SMILES string of the molecule is C=C1Nc2ccccc2CN1C1CCN(CC(/N=c2/c3ccc(C(F)(F)F)cc23)=C(/C)CCC)CC1. The van der Waals surface area contributed by atoms with Crippen LogP contribution in [0.15, 0.2) is 71.1 Å². The summed E-state index contributed by atoms with van der Waals surface area (Å²) in [5, 5.41) is 5.62. The van der Waals surface area contributed by atoms with Gasteiger partial charge in [-0.25, -0.2) is 0 Å². The molecule has 0 aromatic heterocycles. The summed E-state index contributed by atoms with van der Waals surface area (Å²) in [6, 6.07) is 12.7. The molecule has 2 aliphatic heterocycles. The molecule has 1 fully saturated rings. The van der Waals surface area contributed by atoms with Gasteiger partial charge in [-0.2, -0.15) is 13.2 Å². The van der Waals surface area contributed by atoms with Gasteiger partial charge in [-0.05, 0) is 49.9 Å². The van der Waals surface area contributed by atoms with Crippen LogP contribution in [0.1, 0.15) is 50.7 Å². The second-order valence-corrected chi connectivity index (χ2v) is 10.1. The number of nitrogens with zero attached hydrogens (tertiary/aromatic N) is 3. The van der Waals surface area contributed by atoms with E-state index in [9.17, 15) is 13.2 Å². The van der Waals surface area contributed by atoms with E-state index in [1.807, 2.05) is 6.07 Å². The zero-order valence-corrected chi connectivity index (χ0v) is 21.0. The molecule has 36 heavy (non-hydrogen) atoms. The minimum Gasteiger partial charge on any atom is -0.351 e. The number of nitrogens with one attached hydrogen (secondary N) is 1. The number of hydrogen-bond acceptors (Lipinski definition) is 4. The van der Waals surface area contributed by atoms with Crippen molar-refractivity contribution < 1.29 is 13.2 Å². The zero-order chi connectivity index (χ0) is 25.4. The Bertz CT molecular complexity index is 1320. The summed E-state index contributed by atoms with van der Waals surface area (Å²) in [5.41, 5.74) is 4.03. The van der Waals surface area contributed by atoms with Crippen molar-refractivity contribution in [2.75, 3.05) is 25.0 Å². The maximum atomic E-state index is 13.1. The minimum absolute atomic E-state index is 0.429. The lowest BCUT2D eigenvalue weighted by atomic mass is 10.00. The quantitative estimate of drug-likeness (QED) is 0.420. The van der Waals surface area contributed by atoms with E-state index in [2.05, 4.69) is 53.7 Å². The van der Waals surface area contributed by atoms with Crippen LogP contribution in [-0.2, 0) is 12.7 Å². The van der Waals surface area contributed by atoms with Crippen molar-refractivity contribution in [3.63, 3.8) is 0 Å². The van der Waals surface area contributed by atoms with Gasteiger partial charge in [0.15, 0.2) is 0 Å². The van der Waals surface area contributed by atoms with E-state index in [1.165, 1.54) is 17.2 Å². The first-order valence-corrected chi connectivity index (χ1v) is 12.8. The molecule has 0 radical (unpaired) electrons. The van der Waals surface area contributed by atoms with E-state index in [4.69, 9.17) is 4.99 Å². The third kappa shape index (κ3) is 5.07. The molecule has 0 atom stereocenters. The van der Waals surface area contributed by atoms with E-state index in [-0.39, 0.29) is 0 Å². The first-order chi connectivity index (χ1) is 17.2. The molecule has 0 bridgehead atoms. The van der Waals surface area contributed by atoms with E-state index >= 15 is 0 Å². The standard InChI is InChI=1S/C29H33F3N4/c1-4-7-19(2)27(34-28-24-11-10-22(16-25(24)28)29(30,31)32)18-35-14-12-23(13-15-35)36-17-21-8-5-6-9-26(21)33-20(36)3/h5-6,8-11,16,23,33H,3-4,7,12-15,17-18H2,1-2H3/b27-19+,34-28-. The molecular weight excluding hydrogens is 461 g/mol. The number of anilines is 1. The molecule has 1 saturated heterocycles. The fourth-order valence-corrected chi connectivity index (χ4v) is 5.35. The number of rotatable bonds is 6. The molecule has 5 rings (SSSR count). The first kappa shape index (κ1) is 24.6. The van der Waals surface area contributed by atoms with Crippen LogP contribution in [0.2, 0.25) is 0 Å². The van der Waals surface area contributed by atoms with Gasteiger partial charge in [-0.3, -0.25) is 9.89 Å². The lowest BCUT2D eigenvalue weighted by Gasteiger charge is -2.43. The third-order valence-corrected chi connectivity index (χ3v) is 7.51. The molecule has 0 amide bonds. The van der Waals surface area contributed by atoms with Crippen LogP contribution in [0.5, 0.6) is 0 Å². The lowest BCUT2D eigenvalue weighted by molar-refractivity contribution is -0.137. The summed E-state index contributed by atoms with van der Waals surface area (Å²) in [5.74, 6) is 0.961. The van der Waals surface area contributed by atoms with Crippen molar-refractivity contribution in [2.24, 2.45) is 4.99 Å². The molecule has 0 unspecified atom stereocenters. The van der Waals surface area contributed by atoms with Gasteiger partial charge in [0.1, 0.15) is 0 Å². The number of allylic oxidation sites excluding steroid dienone is 1. The Morgan fingerprint density at radius 1 is 1.11 bits per heavy atom. The molecule has 0 spiro atoms. The van der Waals surface area contributed by atoms with Crippen molar-refractivity contribution >= 4 is 16.5 Å². The Labute approximate surface area is 210 Å². The number of piperidine rings is 1. The Hall–Kier alpha value is -3.06. The van der Waals surface area contributed by atoms with Gasteiger partial charge in [0.2, 0.25) is 0 Å². The molecule has 3 aromatic rings. The average Bonchev–Trinajstić information content (AvgIpc) is 3.55. The monoisotopic (exact) mass is 494 g/mol. The average molecular weight is 495 g/mol. The summed E-state index contributed by atoms with van der Waals surface area (Å²) >= 11 is 0. The number of likely N-dealkylation sites (tertiary alicyclic amines) is 1. The zero-order valence-electron chi connectivity index (χ0n) is 21.0. The van der Waals surface area contributed by atoms with Crippen molar-refractivity contribution in [3.05, 3.63) is 82.6 Å². The smallest absolute Gasteiger partial charge is 0.351 e. The van der Waals surface area contributed by atoms with Gasteiger partial charge in [0, 0.05) is 48.7 Å². The molecular formula is C29H33F3N4. The molecule has 1 N–H and O–H groups in total. The Morgan fingerprint density at radius 2 is 1.86 bits per heavy atom. The maximum Gasteiger partial charge on any atom is 0.416 e. The second kappa shape index (κ2) is 9.77. The molecule has 4 nitrogen and oxygen atoms in total. The van der Waals surface area contributed by atoms with E-state index in [0.717, 1.165) is 80.5 Å². The highest BCUT2D eigenvalue weighted by molar-refractivity contribution is 5.97. The summed E-state index contributed by atoms with van der Waals surface area (Å²) in [4.78, 5) is 9.71. The molecule has 7 heteroatoms. The summed E-state index contributed by atoms with van der Waals surface area (Å²) in [7, 11) is 0. The highest BCUT2D eigenvalue weighted by atomic mass is 19.4. The highest BCUT2D eigenvalue weighted by Gasteiger charge is 2.32. The first-order valence-electron chi connectivity index (χ1n) is 12.8. The Morgan fingerprint density at radius 3 is 2.58 bits per heavy atom. The lowest BCUT2D eigenvalue weighted by Crippen LogP contribution is -2.46. The van der Waals surface area contributed by atoms with Crippen LogP contribution in [0, 0.1) is 0 Å². The van der Waals surface area contributed by atoms with Crippen LogP contribution in [0.25, 0.3) is 10.8 Å². The van der Waals surface area contributed by atoms with Crippen LogP contribution in [0.4, 0.5) is 18.9 Å². The largest absolute Gasteiger partial charge is 0.416 e. The Kier molecular flexibility index (Phi) is 6.68. The molecule has 0 saturated carbocycles. The van der Waals surface area contributed by atoms with E-state index < -0.39 is 11.7 Å². The van der Waals surface area contributed by atoms with Crippen molar-refractivity contribution in [2.45, 2.75) is 58.3 Å². The van der Waals surface area contributed by atoms with Gasteiger partial charge < -0.3 is 10.2 Å². The van der Waals surface area contributed by atoms with Gasteiger partial charge in [0.25, 0.3) is 0 Å². The van der Waals surface area contributed by atoms with Crippen LogP contribution in [0.3, 0.4) is 0 Å². The van der Waals surface area contributed by atoms with Crippen LogP contribution in [-0.4, -0.2) is 35.5 Å². The van der Waals surface area contributed by atoms with Crippen LogP contribution >= 0.6 is 0 Å². The number of alkyl halides is 3. The second-order valence-electron chi connectivity index (χ2n) is 10.1. The van der Waals surface area contributed by atoms with Gasteiger partial charge >= 0.3 is 6.18 Å². The Balaban J connectivity index is 1.28. The normalized spacial score (nSPS) is 19.1. The fourth-order valence-electron chi connectivity index (χ4n) is 5.35. The molecule has 0 aliphatic carbocycles. The van der Waals surface area contributed by atoms with E-state index in [0.29, 0.717) is 16.8 Å². The van der Waals surface area contributed by atoms with Gasteiger partial charge in [-0.1, -0.05) is 49.8 Å². The van der Waals surface area contributed by atoms with E-state index in [1.54, 1.807) is 6.07 Å². The summed E-state index contributed by atoms with van der Waals surface area (Å²) in [6.07, 6.45) is -0.311. The van der Waals surface area contributed by atoms with Crippen LogP contribution < -0.4 is 10.7 Å². The summed E-state index contributed by atoms with van der Waals surface area (Å²) in [6.45, 7) is 12.0. The minimum atomic E-state index is -4.33. The maximum absolute atomic E-state index is 13.1. The molecule has 190 valence electrons. The molecule has 2 heterocycles. The number of halogens is 3. The number of benzene rings is 2. The van der Waals surface area contributed by atoms with Crippen molar-refractivity contribution in [1.82, 2.24) is 9.80 Å². The number of para-hydroxylation sites is 1. The van der Waals surface area contributed by atoms with Crippen molar-refractivity contribution in [3.8, 4) is 0 Å². The van der Waals surface area contributed by atoms with Gasteiger partial charge in [-0.15, -0.1) is 0 Å².